The first kappa shape index (κ1) is 11.6. The standard InChI is InChI=1S/C12H18N2OS/c1-11(2)5-7-8(12(3,4)6-11)9(15)14-10(16)13-7/h5-6H2,1-4H3,(H2,13,14,15,16). The highest BCUT2D eigenvalue weighted by Gasteiger charge is 2.39. The summed E-state index contributed by atoms with van der Waals surface area (Å²) in [7, 11) is 0. The van der Waals surface area contributed by atoms with E-state index in [0.29, 0.717) is 4.77 Å². The van der Waals surface area contributed by atoms with Gasteiger partial charge in [0.15, 0.2) is 4.77 Å². The second-order valence-electron chi connectivity index (χ2n) is 6.16. The van der Waals surface area contributed by atoms with Crippen molar-refractivity contribution in [2.45, 2.75) is 46.0 Å². The molecule has 1 aromatic rings. The number of H-pyrrole nitrogens is 2. The lowest BCUT2D eigenvalue weighted by molar-refractivity contribution is 0.225. The predicted molar refractivity (Wildman–Crippen MR) is 67.4 cm³/mol. The number of rotatable bonds is 0. The van der Waals surface area contributed by atoms with E-state index in [1.165, 1.54) is 0 Å². The van der Waals surface area contributed by atoms with Crippen LogP contribution in [0.15, 0.2) is 4.79 Å². The van der Waals surface area contributed by atoms with Crippen molar-refractivity contribution in [1.29, 1.82) is 0 Å². The van der Waals surface area contributed by atoms with Gasteiger partial charge >= 0.3 is 0 Å². The van der Waals surface area contributed by atoms with Crippen LogP contribution in [0.3, 0.4) is 0 Å². The molecule has 3 nitrogen and oxygen atoms in total. The van der Waals surface area contributed by atoms with Crippen LogP contribution in [0.2, 0.25) is 0 Å². The zero-order valence-electron chi connectivity index (χ0n) is 10.2. The van der Waals surface area contributed by atoms with Gasteiger partial charge in [-0.2, -0.15) is 0 Å². The number of aromatic amines is 2. The first-order valence-electron chi connectivity index (χ1n) is 5.57. The molecule has 1 aliphatic carbocycles. The molecule has 0 saturated carbocycles. The van der Waals surface area contributed by atoms with Crippen LogP contribution in [-0.4, -0.2) is 9.97 Å². The topological polar surface area (TPSA) is 48.6 Å². The van der Waals surface area contributed by atoms with Gasteiger partial charge in [0.25, 0.3) is 5.56 Å². The van der Waals surface area contributed by atoms with Crippen molar-refractivity contribution in [3.8, 4) is 0 Å². The monoisotopic (exact) mass is 238 g/mol. The lowest BCUT2D eigenvalue weighted by atomic mass is 9.64. The predicted octanol–water partition coefficient (Wildman–Crippen LogP) is 2.68. The first-order valence-corrected chi connectivity index (χ1v) is 5.98. The molecule has 1 heterocycles. The minimum Gasteiger partial charge on any atom is -0.336 e. The molecule has 0 radical (unpaired) electrons. The Labute approximate surface area is 100 Å². The molecule has 4 heteroatoms. The highest BCUT2D eigenvalue weighted by atomic mass is 32.1. The maximum Gasteiger partial charge on any atom is 0.255 e. The molecule has 0 bridgehead atoms. The van der Waals surface area contributed by atoms with Crippen LogP contribution in [-0.2, 0) is 11.8 Å². The minimum atomic E-state index is -0.0931. The van der Waals surface area contributed by atoms with Crippen molar-refractivity contribution in [2.24, 2.45) is 5.41 Å². The fourth-order valence-corrected chi connectivity index (χ4v) is 3.42. The van der Waals surface area contributed by atoms with E-state index in [1.807, 2.05) is 0 Å². The molecule has 2 N–H and O–H groups in total. The average Bonchev–Trinajstić information content (AvgIpc) is 1.94. The van der Waals surface area contributed by atoms with Crippen molar-refractivity contribution in [3.63, 3.8) is 0 Å². The normalized spacial score (nSPS) is 21.5. The quantitative estimate of drug-likeness (QED) is 0.683. The fourth-order valence-electron chi connectivity index (χ4n) is 3.21. The van der Waals surface area contributed by atoms with Gasteiger partial charge in [0.2, 0.25) is 0 Å². The molecular formula is C12H18N2OS. The Hall–Kier alpha value is -0.900. The number of hydrogen-bond donors (Lipinski definition) is 2. The lowest BCUT2D eigenvalue weighted by Crippen LogP contribution is -2.40. The number of hydrogen-bond acceptors (Lipinski definition) is 2. The zero-order valence-corrected chi connectivity index (χ0v) is 11.0. The van der Waals surface area contributed by atoms with Gasteiger partial charge in [0, 0.05) is 11.3 Å². The van der Waals surface area contributed by atoms with E-state index >= 15 is 0 Å². The van der Waals surface area contributed by atoms with Gasteiger partial charge in [-0.3, -0.25) is 9.78 Å². The van der Waals surface area contributed by atoms with Crippen molar-refractivity contribution in [2.75, 3.05) is 0 Å². The fraction of sp³-hybridized carbons (Fsp3) is 0.667. The number of fused-ring (bicyclic) bond motifs is 1. The Morgan fingerprint density at radius 2 is 1.81 bits per heavy atom. The second-order valence-corrected chi connectivity index (χ2v) is 6.57. The van der Waals surface area contributed by atoms with Crippen LogP contribution in [0, 0.1) is 10.2 Å². The van der Waals surface area contributed by atoms with Crippen molar-refractivity contribution >= 4 is 12.2 Å². The third-order valence-electron chi connectivity index (χ3n) is 3.27. The van der Waals surface area contributed by atoms with E-state index in [1.54, 1.807) is 0 Å². The highest BCUT2D eigenvalue weighted by Crippen LogP contribution is 2.43. The van der Waals surface area contributed by atoms with E-state index in [4.69, 9.17) is 12.2 Å². The number of nitrogens with one attached hydrogen (secondary N) is 2. The second kappa shape index (κ2) is 3.29. The lowest BCUT2D eigenvalue weighted by Gasteiger charge is -2.41. The summed E-state index contributed by atoms with van der Waals surface area (Å²) >= 11 is 5.02. The van der Waals surface area contributed by atoms with Crippen LogP contribution >= 0.6 is 12.2 Å². The average molecular weight is 238 g/mol. The van der Waals surface area contributed by atoms with E-state index in [9.17, 15) is 4.79 Å². The van der Waals surface area contributed by atoms with Gasteiger partial charge in [0.05, 0.1) is 0 Å². The van der Waals surface area contributed by atoms with Gasteiger partial charge in [-0.05, 0) is 35.9 Å². The van der Waals surface area contributed by atoms with Crippen LogP contribution < -0.4 is 5.56 Å². The van der Waals surface area contributed by atoms with E-state index in [2.05, 4.69) is 37.7 Å². The molecule has 0 spiro atoms. The molecule has 88 valence electrons. The Kier molecular flexibility index (Phi) is 2.38. The van der Waals surface area contributed by atoms with Gasteiger partial charge < -0.3 is 4.98 Å². The molecule has 0 amide bonds. The van der Waals surface area contributed by atoms with Gasteiger partial charge in [-0.25, -0.2) is 0 Å². The Bertz CT molecular complexity index is 537. The summed E-state index contributed by atoms with van der Waals surface area (Å²) in [5.74, 6) is 0. The molecule has 0 atom stereocenters. The largest absolute Gasteiger partial charge is 0.336 e. The van der Waals surface area contributed by atoms with E-state index in [0.717, 1.165) is 24.1 Å². The molecule has 1 aliphatic rings. The third kappa shape index (κ3) is 1.86. The Balaban J connectivity index is 2.74. The van der Waals surface area contributed by atoms with E-state index in [-0.39, 0.29) is 16.4 Å². The minimum absolute atomic E-state index is 0.0285. The van der Waals surface area contributed by atoms with Crippen LogP contribution in [0.25, 0.3) is 0 Å². The molecular weight excluding hydrogens is 220 g/mol. The molecule has 0 aromatic carbocycles. The summed E-state index contributed by atoms with van der Waals surface area (Å²) in [6.07, 6.45) is 1.90. The summed E-state index contributed by atoms with van der Waals surface area (Å²) in [4.78, 5) is 17.8. The van der Waals surface area contributed by atoms with Crippen molar-refractivity contribution in [1.82, 2.24) is 9.97 Å². The van der Waals surface area contributed by atoms with Crippen LogP contribution in [0.1, 0.15) is 45.4 Å². The Morgan fingerprint density at radius 3 is 2.44 bits per heavy atom. The molecule has 2 rings (SSSR count). The van der Waals surface area contributed by atoms with E-state index < -0.39 is 0 Å². The molecule has 0 aliphatic heterocycles. The SMILES string of the molecule is CC1(C)Cc2[nH]c(=S)[nH]c(=O)c2C(C)(C)C1. The molecule has 0 fully saturated rings. The summed E-state index contributed by atoms with van der Waals surface area (Å²) in [5.41, 5.74) is 1.97. The summed E-state index contributed by atoms with van der Waals surface area (Å²) in [5, 5.41) is 0. The Morgan fingerprint density at radius 1 is 1.19 bits per heavy atom. The summed E-state index contributed by atoms with van der Waals surface area (Å²) in [6, 6.07) is 0. The third-order valence-corrected chi connectivity index (χ3v) is 3.48. The summed E-state index contributed by atoms with van der Waals surface area (Å²) in [6.45, 7) is 8.71. The molecule has 16 heavy (non-hydrogen) atoms. The molecule has 1 aromatic heterocycles. The molecule has 0 unspecified atom stereocenters. The van der Waals surface area contributed by atoms with Crippen LogP contribution in [0.4, 0.5) is 0 Å². The summed E-state index contributed by atoms with van der Waals surface area (Å²) < 4.78 is 0.428. The smallest absolute Gasteiger partial charge is 0.255 e. The van der Waals surface area contributed by atoms with Crippen molar-refractivity contribution in [3.05, 3.63) is 26.4 Å². The van der Waals surface area contributed by atoms with Gasteiger partial charge in [0.1, 0.15) is 0 Å². The first-order chi connectivity index (χ1) is 7.21. The van der Waals surface area contributed by atoms with Crippen LogP contribution in [0.5, 0.6) is 0 Å². The van der Waals surface area contributed by atoms with Gasteiger partial charge in [-0.15, -0.1) is 0 Å². The maximum atomic E-state index is 12.0. The van der Waals surface area contributed by atoms with Crippen molar-refractivity contribution < 1.29 is 0 Å². The zero-order chi connectivity index (χ0) is 12.1. The highest BCUT2D eigenvalue weighted by molar-refractivity contribution is 7.71. The van der Waals surface area contributed by atoms with Gasteiger partial charge in [-0.1, -0.05) is 27.7 Å². The number of aromatic nitrogens is 2. The maximum absolute atomic E-state index is 12.0. The molecule has 0 saturated heterocycles.